The smallest absolute Gasteiger partial charge is 0.242 e. The summed E-state index contributed by atoms with van der Waals surface area (Å²) in [4.78, 5) is 26.9. The Labute approximate surface area is 164 Å². The molecule has 0 saturated heterocycles. The van der Waals surface area contributed by atoms with Crippen molar-refractivity contribution in [1.29, 1.82) is 0 Å². The molecule has 0 radical (unpaired) electrons. The third kappa shape index (κ3) is 5.23. The highest BCUT2D eigenvalue weighted by molar-refractivity contribution is 6.31. The number of likely N-dealkylation sites (N-methyl/N-ethyl adjacent to an activating group) is 1. The molecule has 0 spiro atoms. The zero-order valence-corrected chi connectivity index (χ0v) is 16.3. The molecule has 1 N–H and O–H groups in total. The molecule has 0 saturated carbocycles. The fourth-order valence-corrected chi connectivity index (χ4v) is 3.11. The molecule has 1 atom stereocenters. The largest absolute Gasteiger partial charge is 0.357 e. The van der Waals surface area contributed by atoms with Crippen LogP contribution >= 0.6 is 23.2 Å². The van der Waals surface area contributed by atoms with E-state index in [0.29, 0.717) is 23.0 Å². The second kappa shape index (κ2) is 9.60. The number of nitrogens with one attached hydrogen (secondary N) is 1. The molecule has 138 valence electrons. The van der Waals surface area contributed by atoms with Gasteiger partial charge in [0.15, 0.2) is 0 Å². The Morgan fingerprint density at radius 2 is 1.73 bits per heavy atom. The lowest BCUT2D eigenvalue weighted by atomic mass is 10.1. The van der Waals surface area contributed by atoms with Gasteiger partial charge in [-0.05, 0) is 35.7 Å². The van der Waals surface area contributed by atoms with E-state index in [1.54, 1.807) is 30.1 Å². The molecule has 0 heterocycles. The van der Waals surface area contributed by atoms with Crippen LogP contribution in [0.15, 0.2) is 48.5 Å². The lowest BCUT2D eigenvalue weighted by molar-refractivity contribution is -0.140. The van der Waals surface area contributed by atoms with E-state index in [1.807, 2.05) is 37.3 Å². The van der Waals surface area contributed by atoms with Crippen LogP contribution in [0.5, 0.6) is 0 Å². The van der Waals surface area contributed by atoms with Gasteiger partial charge in [0, 0.05) is 23.6 Å². The van der Waals surface area contributed by atoms with Gasteiger partial charge in [-0.3, -0.25) is 9.59 Å². The zero-order valence-electron chi connectivity index (χ0n) is 14.8. The highest BCUT2D eigenvalue weighted by Crippen LogP contribution is 2.20. The summed E-state index contributed by atoms with van der Waals surface area (Å²) in [5, 5.41) is 3.81. The molecular formula is C20H22Cl2N2O2. The molecule has 6 heteroatoms. The molecule has 2 aromatic rings. The number of carbonyl (C=O) groups excluding carboxylic acids is 2. The Morgan fingerprint density at radius 1 is 1.08 bits per heavy atom. The fraction of sp³-hybridized carbons (Fsp3) is 0.300. The third-order valence-electron chi connectivity index (χ3n) is 4.20. The van der Waals surface area contributed by atoms with Crippen molar-refractivity contribution in [2.45, 2.75) is 32.4 Å². The summed E-state index contributed by atoms with van der Waals surface area (Å²) in [6, 6.07) is 13.9. The first kappa shape index (κ1) is 20.3. The number of amides is 2. The maximum Gasteiger partial charge on any atom is 0.242 e. The molecule has 2 aromatic carbocycles. The van der Waals surface area contributed by atoms with E-state index < -0.39 is 6.04 Å². The number of carbonyl (C=O) groups is 2. The third-order valence-corrected chi connectivity index (χ3v) is 4.82. The quantitative estimate of drug-likeness (QED) is 0.771. The van der Waals surface area contributed by atoms with Gasteiger partial charge in [-0.1, -0.05) is 60.5 Å². The van der Waals surface area contributed by atoms with Crippen molar-refractivity contribution in [2.75, 3.05) is 7.05 Å². The second-order valence-electron chi connectivity index (χ2n) is 5.95. The summed E-state index contributed by atoms with van der Waals surface area (Å²) in [7, 11) is 1.57. The first-order valence-corrected chi connectivity index (χ1v) is 9.20. The molecule has 0 aromatic heterocycles. The Balaban J connectivity index is 2.29. The van der Waals surface area contributed by atoms with Crippen LogP contribution in [-0.4, -0.2) is 29.8 Å². The first-order chi connectivity index (χ1) is 12.5. The summed E-state index contributed by atoms with van der Waals surface area (Å²) >= 11 is 12.1. The molecule has 0 aliphatic carbocycles. The van der Waals surface area contributed by atoms with Crippen molar-refractivity contribution in [2.24, 2.45) is 0 Å². The summed E-state index contributed by atoms with van der Waals surface area (Å²) in [5.74, 6) is -0.336. The number of benzene rings is 2. The Bertz CT molecular complexity index is 763. The van der Waals surface area contributed by atoms with Crippen molar-refractivity contribution in [3.8, 4) is 0 Å². The van der Waals surface area contributed by atoms with Crippen LogP contribution in [0.1, 0.15) is 24.5 Å². The number of nitrogens with zero attached hydrogens (tertiary/aromatic N) is 1. The molecule has 2 rings (SSSR count). The molecule has 26 heavy (non-hydrogen) atoms. The minimum absolute atomic E-state index is 0.140. The normalized spacial score (nSPS) is 11.7. The minimum atomic E-state index is -0.550. The molecule has 0 unspecified atom stereocenters. The Kier molecular flexibility index (Phi) is 7.49. The van der Waals surface area contributed by atoms with Crippen molar-refractivity contribution in [1.82, 2.24) is 10.2 Å². The van der Waals surface area contributed by atoms with E-state index in [1.165, 1.54) is 0 Å². The minimum Gasteiger partial charge on any atom is -0.357 e. The summed E-state index contributed by atoms with van der Waals surface area (Å²) in [6.45, 7) is 2.21. The van der Waals surface area contributed by atoms with Crippen molar-refractivity contribution < 1.29 is 9.59 Å². The van der Waals surface area contributed by atoms with E-state index in [9.17, 15) is 9.59 Å². The van der Waals surface area contributed by atoms with Gasteiger partial charge in [-0.15, -0.1) is 0 Å². The number of halogens is 2. The van der Waals surface area contributed by atoms with E-state index >= 15 is 0 Å². The molecular weight excluding hydrogens is 371 g/mol. The first-order valence-electron chi connectivity index (χ1n) is 8.45. The van der Waals surface area contributed by atoms with Gasteiger partial charge in [-0.25, -0.2) is 0 Å². The van der Waals surface area contributed by atoms with E-state index in [2.05, 4.69) is 5.32 Å². The topological polar surface area (TPSA) is 49.4 Å². The van der Waals surface area contributed by atoms with Crippen LogP contribution in [0, 0.1) is 0 Å². The molecule has 0 fully saturated rings. The van der Waals surface area contributed by atoms with Crippen LogP contribution < -0.4 is 5.32 Å². The standard InChI is InChI=1S/C20H22Cl2N2O2/c1-3-18(20(26)23-2)24(13-14-8-10-16(21)11-9-14)19(25)12-15-6-4-5-7-17(15)22/h4-11,18H,3,12-13H2,1-2H3,(H,23,26)/t18-/m1/s1. The van der Waals surface area contributed by atoms with Crippen molar-refractivity contribution >= 4 is 35.0 Å². The van der Waals surface area contributed by atoms with Crippen molar-refractivity contribution in [3.63, 3.8) is 0 Å². The lowest BCUT2D eigenvalue weighted by Gasteiger charge is -2.30. The highest BCUT2D eigenvalue weighted by atomic mass is 35.5. The Hall–Kier alpha value is -2.04. The zero-order chi connectivity index (χ0) is 19.1. The van der Waals surface area contributed by atoms with Crippen LogP contribution in [0.2, 0.25) is 10.0 Å². The van der Waals surface area contributed by atoms with Gasteiger partial charge in [-0.2, -0.15) is 0 Å². The summed E-state index contributed by atoms with van der Waals surface area (Å²) < 4.78 is 0. The van der Waals surface area contributed by atoms with E-state index in [4.69, 9.17) is 23.2 Å². The van der Waals surface area contributed by atoms with Crippen LogP contribution in [0.3, 0.4) is 0 Å². The van der Waals surface area contributed by atoms with Gasteiger partial charge < -0.3 is 10.2 Å². The summed E-state index contributed by atoms with van der Waals surface area (Å²) in [6.07, 6.45) is 0.655. The van der Waals surface area contributed by atoms with Gasteiger partial charge >= 0.3 is 0 Å². The Morgan fingerprint density at radius 3 is 2.31 bits per heavy atom. The van der Waals surface area contributed by atoms with E-state index in [-0.39, 0.29) is 18.2 Å². The van der Waals surface area contributed by atoms with Gasteiger partial charge in [0.1, 0.15) is 6.04 Å². The molecule has 4 nitrogen and oxygen atoms in total. The van der Waals surface area contributed by atoms with Crippen LogP contribution in [-0.2, 0) is 22.6 Å². The van der Waals surface area contributed by atoms with Gasteiger partial charge in [0.2, 0.25) is 11.8 Å². The number of hydrogen-bond acceptors (Lipinski definition) is 2. The van der Waals surface area contributed by atoms with Crippen molar-refractivity contribution in [3.05, 3.63) is 69.7 Å². The summed E-state index contributed by atoms with van der Waals surface area (Å²) in [5.41, 5.74) is 1.65. The number of rotatable bonds is 7. The SMILES string of the molecule is CC[C@H](C(=O)NC)N(Cc1ccc(Cl)cc1)C(=O)Cc1ccccc1Cl. The monoisotopic (exact) mass is 392 g/mol. The maximum absolute atomic E-state index is 13.0. The average Bonchev–Trinajstić information content (AvgIpc) is 2.64. The van der Waals surface area contributed by atoms with Crippen LogP contribution in [0.25, 0.3) is 0 Å². The predicted octanol–water partition coefficient (Wildman–Crippen LogP) is 4.09. The molecule has 0 bridgehead atoms. The van der Waals surface area contributed by atoms with Crippen LogP contribution in [0.4, 0.5) is 0 Å². The maximum atomic E-state index is 13.0. The molecule has 0 aliphatic rings. The fourth-order valence-electron chi connectivity index (χ4n) is 2.78. The van der Waals surface area contributed by atoms with E-state index in [0.717, 1.165) is 11.1 Å². The molecule has 0 aliphatic heterocycles. The van der Waals surface area contributed by atoms with Gasteiger partial charge in [0.25, 0.3) is 0 Å². The predicted molar refractivity (Wildman–Crippen MR) is 105 cm³/mol. The van der Waals surface area contributed by atoms with Gasteiger partial charge in [0.05, 0.1) is 6.42 Å². The highest BCUT2D eigenvalue weighted by Gasteiger charge is 2.28. The lowest BCUT2D eigenvalue weighted by Crippen LogP contribution is -2.48. The number of hydrogen-bond donors (Lipinski definition) is 1. The molecule has 2 amide bonds. The average molecular weight is 393 g/mol. The second-order valence-corrected chi connectivity index (χ2v) is 6.80.